The summed E-state index contributed by atoms with van der Waals surface area (Å²) in [5.41, 5.74) is 0. The van der Waals surface area contributed by atoms with Crippen molar-refractivity contribution in [1.82, 2.24) is 0 Å². The van der Waals surface area contributed by atoms with E-state index >= 15 is 0 Å². The maximum atomic E-state index is 13.8. The lowest BCUT2D eigenvalue weighted by molar-refractivity contribution is -0.565. The number of hydrogen-bond donors (Lipinski definition) is 0. The highest BCUT2D eigenvalue weighted by atomic mass is 19.4. The lowest BCUT2D eigenvalue weighted by atomic mass is 9.90. The highest BCUT2D eigenvalue weighted by molar-refractivity contribution is 5.14. The summed E-state index contributed by atoms with van der Waals surface area (Å²) in [6.07, 6.45) is -51.6. The lowest BCUT2D eigenvalue weighted by Gasteiger charge is -2.43. The minimum absolute atomic E-state index is 0.657. The topological polar surface area (TPSA) is 18.5 Å². The maximum absolute atomic E-state index is 13.8. The summed E-state index contributed by atoms with van der Waals surface area (Å²) < 4.78 is 389. The van der Waals surface area contributed by atoms with Crippen LogP contribution in [0.3, 0.4) is 0 Å². The summed E-state index contributed by atoms with van der Waals surface area (Å²) in [5.74, 6) is -73.4. The number of ether oxygens (including phenoxy) is 2. The first-order valence-corrected chi connectivity index (χ1v) is 9.24. The molecule has 0 aliphatic heterocycles. The summed E-state index contributed by atoms with van der Waals surface area (Å²) in [7, 11) is 0. The predicted octanol–water partition coefficient (Wildman–Crippen LogP) is 9.60. The molecule has 0 aromatic rings. The van der Waals surface area contributed by atoms with Gasteiger partial charge in [0.15, 0.2) is 0 Å². The molecule has 46 heavy (non-hydrogen) atoms. The molecule has 2 nitrogen and oxygen atoms in total. The second-order valence-corrected chi connectivity index (χ2v) is 7.86. The lowest BCUT2D eigenvalue weighted by Crippen LogP contribution is -2.75. The molecule has 0 aliphatic carbocycles. The average molecular weight is 770 g/mol. The summed E-state index contributed by atoms with van der Waals surface area (Å²) in [6, 6.07) is 0. The van der Waals surface area contributed by atoms with Gasteiger partial charge in [0.25, 0.3) is 0 Å². The van der Waals surface area contributed by atoms with Gasteiger partial charge in [0.1, 0.15) is 0 Å². The molecule has 32 heteroatoms. The van der Waals surface area contributed by atoms with Gasteiger partial charge in [-0.2, -0.15) is 132 Å². The Balaban J connectivity index is 7.27. The molecule has 278 valence electrons. The molecule has 0 N–H and O–H groups in total. The van der Waals surface area contributed by atoms with Crippen molar-refractivity contribution in [3.8, 4) is 0 Å². The third-order valence-electron chi connectivity index (χ3n) is 4.68. The van der Waals surface area contributed by atoms with Gasteiger partial charge in [-0.25, -0.2) is 4.74 Å². The SMILES string of the molecule is FC(F)(F)C(F)(F)C(F)(F)OC(F)(C(F)(F)F)C(F)(F)OC(F)(F)C(F)(F)C(F)(F)C(F)(F)C(F)(F)C(F)(F)C(F)(F)C(F)(F)F. The Morgan fingerprint density at radius 3 is 0.696 bits per heavy atom. The standard InChI is InChI=1S/C14F30O2/c15-1(16,3(19,20)5(23,24)9(30,31)32)2(17,18)4(21,22)6(25,26)12(39,40)46-14(43,44)8(29,11(36,37)38)45-13(41,42)7(27,28)10(33,34)35. The molecule has 0 aromatic carbocycles. The van der Waals surface area contributed by atoms with E-state index in [-0.39, 0.29) is 0 Å². The molecule has 0 saturated carbocycles. The average Bonchev–Trinajstić information content (AvgIpc) is 2.74. The first-order chi connectivity index (χ1) is 19.2. The van der Waals surface area contributed by atoms with Crippen LogP contribution in [0.15, 0.2) is 0 Å². The van der Waals surface area contributed by atoms with Gasteiger partial charge in [-0.3, -0.25) is 4.74 Å². The Labute approximate surface area is 227 Å². The van der Waals surface area contributed by atoms with Crippen LogP contribution in [0, 0.1) is 0 Å². The van der Waals surface area contributed by atoms with E-state index in [2.05, 4.69) is 0 Å². The van der Waals surface area contributed by atoms with Crippen molar-refractivity contribution in [3.05, 3.63) is 0 Å². The number of hydrogen-bond acceptors (Lipinski definition) is 2. The molecule has 0 spiro atoms. The van der Waals surface area contributed by atoms with Crippen LogP contribution in [0.5, 0.6) is 0 Å². The molecule has 0 fully saturated rings. The van der Waals surface area contributed by atoms with Gasteiger partial charge in [-0.05, 0) is 0 Å². The first kappa shape index (κ1) is 43.8. The van der Waals surface area contributed by atoms with Crippen molar-refractivity contribution in [3.63, 3.8) is 0 Å². The van der Waals surface area contributed by atoms with E-state index in [0.29, 0.717) is 4.74 Å². The number of alkyl halides is 30. The third-order valence-corrected chi connectivity index (χ3v) is 4.68. The minimum atomic E-state index is -9.63. The summed E-state index contributed by atoms with van der Waals surface area (Å²) in [6.45, 7) is 0. The van der Waals surface area contributed by atoms with E-state index in [4.69, 9.17) is 0 Å². The summed E-state index contributed by atoms with van der Waals surface area (Å²) in [5, 5.41) is 0. The van der Waals surface area contributed by atoms with E-state index in [1.165, 1.54) is 0 Å². The zero-order valence-electron chi connectivity index (χ0n) is 19.2. The molecule has 0 saturated heterocycles. The molecule has 0 radical (unpaired) electrons. The van der Waals surface area contributed by atoms with E-state index in [9.17, 15) is 132 Å². The van der Waals surface area contributed by atoms with Crippen LogP contribution in [0.4, 0.5) is 132 Å². The third kappa shape index (κ3) is 5.88. The van der Waals surface area contributed by atoms with Crippen LogP contribution >= 0.6 is 0 Å². The number of rotatable bonds is 12. The van der Waals surface area contributed by atoms with Crippen LogP contribution in [0.25, 0.3) is 0 Å². The van der Waals surface area contributed by atoms with Gasteiger partial charge >= 0.3 is 84.2 Å². The monoisotopic (exact) mass is 770 g/mol. The fourth-order valence-corrected chi connectivity index (χ4v) is 2.13. The Bertz CT molecular complexity index is 1090. The molecule has 0 aromatic heterocycles. The van der Waals surface area contributed by atoms with Crippen molar-refractivity contribution < 1.29 is 141 Å². The van der Waals surface area contributed by atoms with Crippen molar-refractivity contribution in [2.24, 2.45) is 0 Å². The first-order valence-electron chi connectivity index (χ1n) is 9.24. The van der Waals surface area contributed by atoms with E-state index in [0.717, 1.165) is 4.74 Å². The molecule has 0 rings (SSSR count). The highest BCUT2D eigenvalue weighted by Crippen LogP contribution is 2.65. The van der Waals surface area contributed by atoms with Gasteiger partial charge in [0.05, 0.1) is 0 Å². The van der Waals surface area contributed by atoms with Gasteiger partial charge in [-0.15, -0.1) is 0 Å². The normalized spacial score (nSPS) is 18.1. The van der Waals surface area contributed by atoms with Gasteiger partial charge in [0.2, 0.25) is 0 Å². The molecule has 0 heterocycles. The summed E-state index contributed by atoms with van der Waals surface area (Å²) in [4.78, 5) is 0. The molecular formula is C14F30O2. The molecule has 1 unspecified atom stereocenters. The molecule has 0 bridgehead atoms. The van der Waals surface area contributed by atoms with E-state index < -0.39 is 84.2 Å². The fourth-order valence-electron chi connectivity index (χ4n) is 2.13. The zero-order chi connectivity index (χ0) is 38.4. The van der Waals surface area contributed by atoms with E-state index in [1.54, 1.807) is 0 Å². The zero-order valence-corrected chi connectivity index (χ0v) is 19.2. The van der Waals surface area contributed by atoms with Gasteiger partial charge < -0.3 is 0 Å². The summed E-state index contributed by atoms with van der Waals surface area (Å²) >= 11 is 0. The second-order valence-electron chi connectivity index (χ2n) is 7.86. The fraction of sp³-hybridized carbons (Fsp3) is 1.00. The smallest absolute Gasteiger partial charge is 0.262 e. The van der Waals surface area contributed by atoms with Crippen molar-refractivity contribution in [2.75, 3.05) is 0 Å². The second kappa shape index (κ2) is 10.7. The highest BCUT2D eigenvalue weighted by Gasteiger charge is 2.96. The molecule has 0 aliphatic rings. The van der Waals surface area contributed by atoms with Crippen LogP contribution in [0.1, 0.15) is 0 Å². The van der Waals surface area contributed by atoms with Crippen molar-refractivity contribution in [1.29, 1.82) is 0 Å². The Morgan fingerprint density at radius 1 is 0.196 bits per heavy atom. The van der Waals surface area contributed by atoms with Crippen molar-refractivity contribution >= 4 is 0 Å². The van der Waals surface area contributed by atoms with Crippen LogP contribution in [0.2, 0.25) is 0 Å². The van der Waals surface area contributed by atoms with Crippen LogP contribution in [-0.2, 0) is 9.47 Å². The van der Waals surface area contributed by atoms with E-state index in [1.807, 2.05) is 0 Å². The van der Waals surface area contributed by atoms with Crippen molar-refractivity contribution in [2.45, 2.75) is 84.2 Å². The maximum Gasteiger partial charge on any atom is 0.462 e. The predicted molar refractivity (Wildman–Crippen MR) is 73.6 cm³/mol. The Hall–Kier alpha value is -2.18. The molecule has 0 amide bonds. The minimum Gasteiger partial charge on any atom is -0.262 e. The molecule has 1 atom stereocenters. The van der Waals surface area contributed by atoms with Crippen LogP contribution in [-0.4, -0.2) is 84.2 Å². The quantitative estimate of drug-likeness (QED) is 0.184. The Morgan fingerprint density at radius 2 is 0.435 bits per heavy atom. The van der Waals surface area contributed by atoms with Gasteiger partial charge in [0, 0.05) is 0 Å². The number of halogens is 30. The van der Waals surface area contributed by atoms with Gasteiger partial charge in [-0.1, -0.05) is 0 Å². The molecular weight excluding hydrogens is 770 g/mol. The largest absolute Gasteiger partial charge is 0.462 e. The Kier molecular flexibility index (Phi) is 10.2. The van der Waals surface area contributed by atoms with Crippen LogP contribution < -0.4 is 0 Å².